The van der Waals surface area contributed by atoms with Gasteiger partial charge in [-0.3, -0.25) is 13.9 Å². The SMILES string of the molecule is CC(C(=O)O)c1cccc2[nH]c(=O)n(-c3cccc(S(=O)(=O)N4CCCc5ccccc54)c3)c(=O)c12. The Hall–Kier alpha value is -4.18. The first-order valence-electron chi connectivity index (χ1n) is 11.4. The number of aromatic amines is 1. The molecule has 0 saturated heterocycles. The summed E-state index contributed by atoms with van der Waals surface area (Å²) in [7, 11) is -3.98. The molecule has 0 fully saturated rings. The van der Waals surface area contributed by atoms with Crippen molar-refractivity contribution in [2.24, 2.45) is 0 Å². The fourth-order valence-electron chi connectivity index (χ4n) is 4.68. The maximum Gasteiger partial charge on any atom is 0.333 e. The van der Waals surface area contributed by atoms with Crippen LogP contribution in [0.3, 0.4) is 0 Å². The van der Waals surface area contributed by atoms with Crippen LogP contribution in [0.2, 0.25) is 0 Å². The zero-order valence-electron chi connectivity index (χ0n) is 19.3. The molecule has 2 N–H and O–H groups in total. The fraction of sp³-hybridized carbons (Fsp3) is 0.192. The van der Waals surface area contributed by atoms with Crippen molar-refractivity contribution in [3.05, 3.63) is 98.7 Å². The zero-order chi connectivity index (χ0) is 25.6. The Labute approximate surface area is 206 Å². The number of fused-ring (bicyclic) bond motifs is 2. The van der Waals surface area contributed by atoms with Gasteiger partial charge in [-0.25, -0.2) is 17.8 Å². The highest BCUT2D eigenvalue weighted by molar-refractivity contribution is 7.92. The lowest BCUT2D eigenvalue weighted by atomic mass is 9.97. The first-order valence-corrected chi connectivity index (χ1v) is 12.9. The summed E-state index contributed by atoms with van der Waals surface area (Å²) in [5.74, 6) is -2.11. The van der Waals surface area contributed by atoms with E-state index >= 15 is 0 Å². The number of carboxylic acids is 1. The van der Waals surface area contributed by atoms with Crippen LogP contribution in [0.1, 0.15) is 30.4 Å². The van der Waals surface area contributed by atoms with E-state index in [9.17, 15) is 27.9 Å². The van der Waals surface area contributed by atoms with E-state index in [0.29, 0.717) is 18.7 Å². The van der Waals surface area contributed by atoms with Crippen molar-refractivity contribution in [2.75, 3.05) is 10.8 Å². The minimum Gasteiger partial charge on any atom is -0.481 e. The number of hydrogen-bond donors (Lipinski definition) is 2. The Bertz CT molecular complexity index is 1740. The number of aliphatic carboxylic acids is 1. The van der Waals surface area contributed by atoms with Crippen LogP contribution in [-0.4, -0.2) is 35.6 Å². The predicted molar refractivity (Wildman–Crippen MR) is 136 cm³/mol. The minimum atomic E-state index is -3.98. The van der Waals surface area contributed by atoms with Gasteiger partial charge >= 0.3 is 11.7 Å². The van der Waals surface area contributed by atoms with Gasteiger partial charge in [0, 0.05) is 6.54 Å². The van der Waals surface area contributed by atoms with E-state index in [1.54, 1.807) is 18.2 Å². The molecule has 0 saturated carbocycles. The predicted octanol–water partition coefficient (Wildman–Crippen LogP) is 3.01. The molecule has 1 aliphatic heterocycles. The quantitative estimate of drug-likeness (QED) is 0.429. The fourth-order valence-corrected chi connectivity index (χ4v) is 6.26. The molecule has 184 valence electrons. The van der Waals surface area contributed by atoms with Crippen molar-refractivity contribution in [3.63, 3.8) is 0 Å². The summed E-state index contributed by atoms with van der Waals surface area (Å²) in [6.45, 7) is 1.77. The molecule has 5 rings (SSSR count). The van der Waals surface area contributed by atoms with Crippen molar-refractivity contribution < 1.29 is 18.3 Å². The van der Waals surface area contributed by atoms with Crippen molar-refractivity contribution in [3.8, 4) is 5.69 Å². The molecular formula is C26H23N3O6S. The van der Waals surface area contributed by atoms with Gasteiger partial charge in [-0.05, 0) is 61.2 Å². The maximum atomic E-state index is 13.6. The molecule has 36 heavy (non-hydrogen) atoms. The van der Waals surface area contributed by atoms with Gasteiger partial charge in [-0.1, -0.05) is 36.4 Å². The number of aromatic nitrogens is 2. The van der Waals surface area contributed by atoms with Crippen molar-refractivity contribution in [1.82, 2.24) is 9.55 Å². The van der Waals surface area contributed by atoms with Crippen molar-refractivity contribution in [1.29, 1.82) is 0 Å². The highest BCUT2D eigenvalue weighted by Gasteiger charge is 2.29. The number of nitrogens with zero attached hydrogens (tertiary/aromatic N) is 2. The van der Waals surface area contributed by atoms with Crippen LogP contribution in [0.4, 0.5) is 5.69 Å². The molecule has 0 radical (unpaired) electrons. The molecule has 3 aromatic carbocycles. The van der Waals surface area contributed by atoms with Crippen LogP contribution in [0.15, 0.2) is 81.2 Å². The van der Waals surface area contributed by atoms with Crippen LogP contribution in [0.5, 0.6) is 0 Å². The minimum absolute atomic E-state index is 0.0599. The summed E-state index contributed by atoms with van der Waals surface area (Å²) in [5, 5.41) is 9.55. The van der Waals surface area contributed by atoms with E-state index in [2.05, 4.69) is 4.98 Å². The lowest BCUT2D eigenvalue weighted by Gasteiger charge is -2.30. The summed E-state index contributed by atoms with van der Waals surface area (Å²) in [4.78, 5) is 40.6. The molecule has 2 heterocycles. The Balaban J connectivity index is 1.67. The molecule has 4 aromatic rings. The topological polar surface area (TPSA) is 130 Å². The van der Waals surface area contributed by atoms with Crippen molar-refractivity contribution >= 4 is 32.6 Å². The van der Waals surface area contributed by atoms with Gasteiger partial charge in [-0.15, -0.1) is 0 Å². The molecule has 0 amide bonds. The average molecular weight is 506 g/mol. The van der Waals surface area contributed by atoms with Gasteiger partial charge < -0.3 is 10.1 Å². The lowest BCUT2D eigenvalue weighted by Crippen LogP contribution is -2.36. The average Bonchev–Trinajstić information content (AvgIpc) is 2.87. The van der Waals surface area contributed by atoms with E-state index in [1.807, 2.05) is 12.1 Å². The third kappa shape index (κ3) is 3.79. The Morgan fingerprint density at radius 1 is 1.03 bits per heavy atom. The first kappa shape index (κ1) is 23.6. The molecule has 9 nitrogen and oxygen atoms in total. The number of para-hydroxylation sites is 1. The summed E-state index contributed by atoms with van der Waals surface area (Å²) < 4.78 is 29.4. The number of carbonyl (C=O) groups is 1. The highest BCUT2D eigenvalue weighted by Crippen LogP contribution is 2.32. The van der Waals surface area contributed by atoms with Crippen LogP contribution >= 0.6 is 0 Å². The number of rotatable bonds is 5. The normalized spacial score (nSPS) is 14.4. The van der Waals surface area contributed by atoms with Gasteiger partial charge in [0.2, 0.25) is 0 Å². The molecule has 1 aliphatic rings. The number of H-pyrrole nitrogens is 1. The van der Waals surface area contributed by atoms with E-state index < -0.39 is 33.2 Å². The number of hydrogen-bond acceptors (Lipinski definition) is 5. The van der Waals surface area contributed by atoms with Crippen LogP contribution < -0.4 is 15.6 Å². The second kappa shape index (κ2) is 8.80. The summed E-state index contributed by atoms with van der Waals surface area (Å²) >= 11 is 0. The first-order chi connectivity index (χ1) is 17.2. The molecule has 0 spiro atoms. The Morgan fingerprint density at radius 3 is 2.56 bits per heavy atom. The van der Waals surface area contributed by atoms with Gasteiger partial charge in [0.15, 0.2) is 0 Å². The number of aryl methyl sites for hydroxylation is 1. The maximum absolute atomic E-state index is 13.6. The third-order valence-corrected chi connectivity index (χ3v) is 8.34. The second-order valence-electron chi connectivity index (χ2n) is 8.71. The summed E-state index contributed by atoms with van der Waals surface area (Å²) in [6.07, 6.45) is 1.45. The van der Waals surface area contributed by atoms with Gasteiger partial charge in [0.05, 0.1) is 33.1 Å². The zero-order valence-corrected chi connectivity index (χ0v) is 20.2. The number of sulfonamides is 1. The van der Waals surface area contributed by atoms with Crippen molar-refractivity contribution in [2.45, 2.75) is 30.6 Å². The van der Waals surface area contributed by atoms with Gasteiger partial charge in [0.1, 0.15) is 0 Å². The standard InChI is InChI=1S/C26H23N3O6S/c1-16(25(31)32)20-11-5-12-21-23(20)24(30)29(26(33)27-21)18-9-4-10-19(15-18)36(34,35)28-14-6-8-17-7-2-3-13-22(17)28/h2-5,7,9-13,15-16H,6,8,14H2,1H3,(H,27,33)(H,31,32). The third-order valence-electron chi connectivity index (χ3n) is 6.53. The van der Waals surface area contributed by atoms with Gasteiger partial charge in [0.25, 0.3) is 15.6 Å². The summed E-state index contributed by atoms with van der Waals surface area (Å²) in [6, 6.07) is 17.6. The molecule has 0 bridgehead atoms. The molecule has 1 aromatic heterocycles. The summed E-state index contributed by atoms with van der Waals surface area (Å²) in [5.41, 5.74) is 0.588. The van der Waals surface area contributed by atoms with E-state index in [0.717, 1.165) is 16.6 Å². The highest BCUT2D eigenvalue weighted by atomic mass is 32.2. The van der Waals surface area contributed by atoms with Crippen LogP contribution in [0, 0.1) is 0 Å². The van der Waals surface area contributed by atoms with E-state index in [4.69, 9.17) is 0 Å². The smallest absolute Gasteiger partial charge is 0.333 e. The Kier molecular flexibility index (Phi) is 5.76. The monoisotopic (exact) mass is 505 g/mol. The number of carboxylic acid groups (broad SMARTS) is 1. The largest absolute Gasteiger partial charge is 0.481 e. The van der Waals surface area contributed by atoms with Crippen LogP contribution in [0.25, 0.3) is 16.6 Å². The lowest BCUT2D eigenvalue weighted by molar-refractivity contribution is -0.138. The number of anilines is 1. The number of benzene rings is 3. The molecule has 1 unspecified atom stereocenters. The molecule has 0 aliphatic carbocycles. The van der Waals surface area contributed by atoms with Crippen LogP contribution in [-0.2, 0) is 21.2 Å². The number of nitrogens with one attached hydrogen (secondary N) is 1. The Morgan fingerprint density at radius 2 is 1.78 bits per heavy atom. The molecule has 1 atom stereocenters. The van der Waals surface area contributed by atoms with E-state index in [1.165, 1.54) is 47.6 Å². The van der Waals surface area contributed by atoms with Gasteiger partial charge in [-0.2, -0.15) is 0 Å². The molecule has 10 heteroatoms. The van der Waals surface area contributed by atoms with E-state index in [-0.39, 0.29) is 27.0 Å². The molecular weight excluding hydrogens is 482 g/mol. The second-order valence-corrected chi connectivity index (χ2v) is 10.6.